The molecule has 134 valence electrons. The summed E-state index contributed by atoms with van der Waals surface area (Å²) >= 11 is 0. The topological polar surface area (TPSA) is 25.4 Å². The molecule has 4 rings (SSSR count). The van der Waals surface area contributed by atoms with Gasteiger partial charge in [0.2, 0.25) is 0 Å². The van der Waals surface area contributed by atoms with Crippen LogP contribution in [0.3, 0.4) is 0 Å². The largest absolute Gasteiger partial charge is 0.487 e. The van der Waals surface area contributed by atoms with Gasteiger partial charge in [-0.2, -0.15) is 0 Å². The first-order valence-electron chi connectivity index (χ1n) is 9.55. The van der Waals surface area contributed by atoms with Crippen LogP contribution in [0.1, 0.15) is 37.3 Å². The molecule has 26 heavy (non-hydrogen) atoms. The van der Waals surface area contributed by atoms with E-state index in [0.29, 0.717) is 12.6 Å². The highest BCUT2D eigenvalue weighted by Crippen LogP contribution is 2.29. The maximum Gasteiger partial charge on any atom is 0.146 e. The summed E-state index contributed by atoms with van der Waals surface area (Å²) in [4.78, 5) is 7.41. The molecular weight excluding hydrogens is 320 g/mol. The Labute approximate surface area is 155 Å². The molecule has 0 spiro atoms. The van der Waals surface area contributed by atoms with E-state index in [2.05, 4.69) is 61.2 Å². The molecule has 1 fully saturated rings. The lowest BCUT2D eigenvalue weighted by Gasteiger charge is -2.34. The highest BCUT2D eigenvalue weighted by atomic mass is 16.5. The molecule has 0 radical (unpaired) electrons. The van der Waals surface area contributed by atoms with E-state index in [1.807, 2.05) is 12.1 Å². The lowest BCUT2D eigenvalue weighted by atomic mass is 10.0. The van der Waals surface area contributed by atoms with E-state index in [4.69, 9.17) is 9.72 Å². The van der Waals surface area contributed by atoms with E-state index in [0.717, 1.165) is 29.0 Å². The van der Waals surface area contributed by atoms with Gasteiger partial charge in [0.15, 0.2) is 0 Å². The second-order valence-electron chi connectivity index (χ2n) is 7.31. The number of ether oxygens (including phenoxy) is 1. The highest BCUT2D eigenvalue weighted by Gasteiger charge is 2.20. The van der Waals surface area contributed by atoms with Crippen LogP contribution in [0.2, 0.25) is 0 Å². The number of aromatic nitrogens is 1. The van der Waals surface area contributed by atoms with Crippen molar-refractivity contribution in [3.8, 4) is 5.75 Å². The number of para-hydroxylation sites is 1. The summed E-state index contributed by atoms with van der Waals surface area (Å²) in [6, 6.07) is 19.5. The summed E-state index contributed by atoms with van der Waals surface area (Å²) in [5.41, 5.74) is 3.39. The van der Waals surface area contributed by atoms with Crippen molar-refractivity contribution in [1.82, 2.24) is 4.98 Å². The molecule has 0 aliphatic carbocycles. The van der Waals surface area contributed by atoms with Crippen LogP contribution >= 0.6 is 0 Å². The summed E-state index contributed by atoms with van der Waals surface area (Å²) < 4.78 is 6.13. The van der Waals surface area contributed by atoms with Gasteiger partial charge < -0.3 is 9.64 Å². The summed E-state index contributed by atoms with van der Waals surface area (Å²) in [6.45, 7) is 6.05. The van der Waals surface area contributed by atoms with Crippen LogP contribution in [0.4, 0.5) is 5.82 Å². The summed E-state index contributed by atoms with van der Waals surface area (Å²) in [5, 5.41) is 1.12. The smallest absolute Gasteiger partial charge is 0.146 e. The van der Waals surface area contributed by atoms with Crippen LogP contribution in [-0.2, 0) is 6.61 Å². The predicted molar refractivity (Wildman–Crippen MR) is 108 cm³/mol. The lowest BCUT2D eigenvalue weighted by Crippen LogP contribution is -2.37. The van der Waals surface area contributed by atoms with Crippen molar-refractivity contribution in [1.29, 1.82) is 0 Å². The van der Waals surface area contributed by atoms with E-state index in [-0.39, 0.29) is 0 Å². The average molecular weight is 346 g/mol. The number of aryl methyl sites for hydroxylation is 1. The minimum atomic E-state index is 0.550. The molecule has 1 saturated heterocycles. The zero-order chi connectivity index (χ0) is 17.9. The Hall–Kier alpha value is -2.55. The second kappa shape index (κ2) is 7.36. The van der Waals surface area contributed by atoms with Gasteiger partial charge in [0, 0.05) is 18.0 Å². The van der Waals surface area contributed by atoms with Gasteiger partial charge in [-0.1, -0.05) is 42.0 Å². The van der Waals surface area contributed by atoms with E-state index < -0.39 is 0 Å². The Bertz CT molecular complexity index is 888. The highest BCUT2D eigenvalue weighted by molar-refractivity contribution is 5.86. The fourth-order valence-corrected chi connectivity index (χ4v) is 3.67. The van der Waals surface area contributed by atoms with E-state index >= 15 is 0 Å². The summed E-state index contributed by atoms with van der Waals surface area (Å²) in [5.74, 6) is 1.92. The Morgan fingerprint density at radius 1 is 1.04 bits per heavy atom. The molecule has 1 unspecified atom stereocenters. The number of anilines is 1. The average Bonchev–Trinajstić information content (AvgIpc) is 2.67. The third-order valence-corrected chi connectivity index (χ3v) is 5.28. The summed E-state index contributed by atoms with van der Waals surface area (Å²) in [6.07, 6.45) is 3.80. The second-order valence-corrected chi connectivity index (χ2v) is 7.31. The first-order chi connectivity index (χ1) is 12.7. The maximum absolute atomic E-state index is 6.13. The number of hydrogen-bond acceptors (Lipinski definition) is 3. The van der Waals surface area contributed by atoms with Gasteiger partial charge in [-0.05, 0) is 56.9 Å². The number of benzene rings is 2. The fraction of sp³-hybridized carbons (Fsp3) is 0.348. The Morgan fingerprint density at radius 2 is 1.88 bits per heavy atom. The third kappa shape index (κ3) is 3.52. The fourth-order valence-electron chi connectivity index (χ4n) is 3.67. The molecule has 1 aliphatic heterocycles. The zero-order valence-electron chi connectivity index (χ0n) is 15.6. The molecule has 0 amide bonds. The summed E-state index contributed by atoms with van der Waals surface area (Å²) in [7, 11) is 0. The normalized spacial score (nSPS) is 17.5. The molecular formula is C23H26N2O. The molecule has 3 aromatic rings. The molecule has 3 heteroatoms. The minimum Gasteiger partial charge on any atom is -0.487 e. The molecule has 3 nitrogen and oxygen atoms in total. The Kier molecular flexibility index (Phi) is 4.79. The number of nitrogens with zero attached hydrogens (tertiary/aromatic N) is 2. The first kappa shape index (κ1) is 16.9. The first-order valence-corrected chi connectivity index (χ1v) is 9.55. The van der Waals surface area contributed by atoms with Crippen molar-refractivity contribution in [2.75, 3.05) is 11.4 Å². The molecule has 2 heterocycles. The number of piperidine rings is 1. The van der Waals surface area contributed by atoms with Crippen LogP contribution in [0.5, 0.6) is 5.75 Å². The van der Waals surface area contributed by atoms with Crippen molar-refractivity contribution in [2.45, 2.75) is 45.8 Å². The molecule has 0 saturated carbocycles. The quantitative estimate of drug-likeness (QED) is 0.623. The van der Waals surface area contributed by atoms with Gasteiger partial charge in [-0.3, -0.25) is 0 Å². The molecule has 1 aliphatic rings. The third-order valence-electron chi connectivity index (χ3n) is 5.28. The van der Waals surface area contributed by atoms with Crippen molar-refractivity contribution in [3.63, 3.8) is 0 Å². The predicted octanol–water partition coefficient (Wildman–Crippen LogP) is 5.50. The van der Waals surface area contributed by atoms with Crippen molar-refractivity contribution in [2.24, 2.45) is 0 Å². The van der Waals surface area contributed by atoms with Crippen LogP contribution in [0.15, 0.2) is 54.6 Å². The van der Waals surface area contributed by atoms with Crippen molar-refractivity contribution in [3.05, 3.63) is 65.7 Å². The van der Waals surface area contributed by atoms with Gasteiger partial charge in [0.25, 0.3) is 0 Å². The van der Waals surface area contributed by atoms with Crippen LogP contribution in [0.25, 0.3) is 10.9 Å². The Morgan fingerprint density at radius 3 is 2.69 bits per heavy atom. The van der Waals surface area contributed by atoms with Crippen LogP contribution < -0.4 is 9.64 Å². The molecule has 1 atom stereocenters. The lowest BCUT2D eigenvalue weighted by molar-refractivity contribution is 0.309. The molecule has 2 aromatic carbocycles. The Balaban J connectivity index is 1.61. The van der Waals surface area contributed by atoms with Gasteiger partial charge in [-0.15, -0.1) is 0 Å². The van der Waals surface area contributed by atoms with Gasteiger partial charge in [-0.25, -0.2) is 4.98 Å². The minimum absolute atomic E-state index is 0.550. The SMILES string of the molecule is Cc1ccc(COc2cccc3ccc(N4CCCCC4C)nc23)cc1. The monoisotopic (exact) mass is 346 g/mol. The number of fused-ring (bicyclic) bond motifs is 1. The number of pyridine rings is 1. The van der Waals surface area contributed by atoms with Crippen LogP contribution in [-0.4, -0.2) is 17.6 Å². The number of rotatable bonds is 4. The van der Waals surface area contributed by atoms with Crippen molar-refractivity contribution >= 4 is 16.7 Å². The van der Waals surface area contributed by atoms with Crippen molar-refractivity contribution < 1.29 is 4.74 Å². The van der Waals surface area contributed by atoms with Gasteiger partial charge >= 0.3 is 0 Å². The molecule has 0 N–H and O–H groups in total. The van der Waals surface area contributed by atoms with Gasteiger partial charge in [0.05, 0.1) is 0 Å². The van der Waals surface area contributed by atoms with Gasteiger partial charge in [0.1, 0.15) is 23.7 Å². The zero-order valence-corrected chi connectivity index (χ0v) is 15.6. The molecule has 0 bridgehead atoms. The van der Waals surface area contributed by atoms with E-state index in [1.54, 1.807) is 0 Å². The standard InChI is InChI=1S/C23H26N2O/c1-17-9-11-19(12-10-17)16-26-21-8-5-7-20-13-14-22(24-23(20)21)25-15-4-3-6-18(25)2/h5,7-14,18H,3-4,6,15-16H2,1-2H3. The number of hydrogen-bond donors (Lipinski definition) is 0. The van der Waals surface area contributed by atoms with E-state index in [1.165, 1.54) is 30.4 Å². The van der Waals surface area contributed by atoms with Crippen LogP contribution in [0, 0.1) is 6.92 Å². The van der Waals surface area contributed by atoms with E-state index in [9.17, 15) is 0 Å². The maximum atomic E-state index is 6.13. The molecule has 1 aromatic heterocycles.